The fourth-order valence-corrected chi connectivity index (χ4v) is 0.395. The molecule has 0 saturated heterocycles. The first-order valence-electron chi connectivity index (χ1n) is 3.05. The van der Waals surface area contributed by atoms with Crippen molar-refractivity contribution in [2.45, 2.75) is 0 Å². The van der Waals surface area contributed by atoms with Crippen molar-refractivity contribution in [3.05, 3.63) is 49.3 Å². The Morgan fingerprint density at radius 2 is 1.60 bits per heavy atom. The van der Waals surface area contributed by atoms with E-state index in [1.165, 1.54) is 0 Å². The van der Waals surface area contributed by atoms with Crippen molar-refractivity contribution in [1.82, 2.24) is 0 Å². The highest BCUT2D eigenvalue weighted by molar-refractivity contribution is 5.13. The molecule has 1 heteroatoms. The van der Waals surface area contributed by atoms with Crippen LogP contribution >= 0.6 is 0 Å². The summed E-state index contributed by atoms with van der Waals surface area (Å²) in [7, 11) is 1.62. The largest absolute Gasteiger partial charge is 0.504 e. The highest BCUT2D eigenvalue weighted by Gasteiger charge is 1.60. The van der Waals surface area contributed by atoms with Crippen LogP contribution in [0.15, 0.2) is 49.3 Å². The van der Waals surface area contributed by atoms with Crippen LogP contribution in [0, 0.1) is 0 Å². The van der Waals surface area contributed by atoms with Crippen molar-refractivity contribution in [1.29, 1.82) is 0 Å². The molecule has 0 atom stereocenters. The lowest BCUT2D eigenvalue weighted by Crippen LogP contribution is -1.60. The molecule has 54 valence electrons. The maximum atomic E-state index is 4.67. The van der Waals surface area contributed by atoms with E-state index in [9.17, 15) is 0 Å². The highest BCUT2D eigenvalue weighted by atomic mass is 16.5. The zero-order chi connectivity index (χ0) is 7.66. The Kier molecular flexibility index (Phi) is 6.80. The smallest absolute Gasteiger partial charge is 0.0824 e. The quantitative estimate of drug-likeness (QED) is 0.426. The molecular weight excluding hydrogens is 124 g/mol. The summed E-state index contributed by atoms with van der Waals surface area (Å²) in [6.45, 7) is 3.53. The zero-order valence-electron chi connectivity index (χ0n) is 6.16. The Labute approximate surface area is 62.0 Å². The summed E-state index contributed by atoms with van der Waals surface area (Å²) in [6.07, 6.45) is 12.7. The van der Waals surface area contributed by atoms with Crippen molar-refractivity contribution in [2.75, 3.05) is 7.11 Å². The molecule has 0 heterocycles. The minimum absolute atomic E-state index is 1.61. The third-order valence-corrected chi connectivity index (χ3v) is 0.795. The molecule has 0 N–H and O–H groups in total. The third-order valence-electron chi connectivity index (χ3n) is 0.795. The molecule has 0 aliphatic rings. The standard InChI is InChI=1S/C9H12O/c1-3-4-5-6-7-8-9-10-2/h3-9H,1H2,2H3/b5-4+,7-6+,9-8+. The van der Waals surface area contributed by atoms with Gasteiger partial charge in [0.25, 0.3) is 0 Å². The van der Waals surface area contributed by atoms with Gasteiger partial charge in [-0.15, -0.1) is 0 Å². The molecule has 0 amide bonds. The molecule has 0 aliphatic carbocycles. The first-order valence-corrected chi connectivity index (χ1v) is 3.05. The lowest BCUT2D eigenvalue weighted by Gasteiger charge is -1.79. The Morgan fingerprint density at radius 1 is 1.00 bits per heavy atom. The first kappa shape index (κ1) is 8.76. The Balaban J connectivity index is 3.46. The fraction of sp³-hybridized carbons (Fsp3) is 0.111. The van der Waals surface area contributed by atoms with Gasteiger partial charge in [-0.25, -0.2) is 0 Å². The van der Waals surface area contributed by atoms with Crippen LogP contribution in [0.5, 0.6) is 0 Å². The molecule has 0 aromatic heterocycles. The monoisotopic (exact) mass is 136 g/mol. The van der Waals surface area contributed by atoms with Gasteiger partial charge in [-0.3, -0.25) is 0 Å². The van der Waals surface area contributed by atoms with Crippen LogP contribution in [0.2, 0.25) is 0 Å². The first-order chi connectivity index (χ1) is 4.91. The average molecular weight is 136 g/mol. The van der Waals surface area contributed by atoms with Crippen molar-refractivity contribution in [3.63, 3.8) is 0 Å². The molecule has 0 aromatic rings. The maximum Gasteiger partial charge on any atom is 0.0824 e. The van der Waals surface area contributed by atoms with E-state index in [0.29, 0.717) is 0 Å². The van der Waals surface area contributed by atoms with Gasteiger partial charge < -0.3 is 4.74 Å². The van der Waals surface area contributed by atoms with Crippen LogP contribution < -0.4 is 0 Å². The van der Waals surface area contributed by atoms with E-state index in [1.807, 2.05) is 30.4 Å². The molecule has 10 heavy (non-hydrogen) atoms. The zero-order valence-corrected chi connectivity index (χ0v) is 6.16. The number of allylic oxidation sites excluding steroid dienone is 6. The van der Waals surface area contributed by atoms with Crippen LogP contribution in [0.25, 0.3) is 0 Å². The third kappa shape index (κ3) is 6.76. The van der Waals surface area contributed by atoms with Crippen molar-refractivity contribution < 1.29 is 4.74 Å². The lowest BCUT2D eigenvalue weighted by molar-refractivity contribution is 0.338. The number of methoxy groups -OCH3 is 1. The second kappa shape index (κ2) is 7.76. The molecule has 0 aliphatic heterocycles. The lowest BCUT2D eigenvalue weighted by atomic mass is 10.4. The van der Waals surface area contributed by atoms with Gasteiger partial charge in [0, 0.05) is 0 Å². The molecule has 0 unspecified atom stereocenters. The van der Waals surface area contributed by atoms with Gasteiger partial charge >= 0.3 is 0 Å². The van der Waals surface area contributed by atoms with Gasteiger partial charge in [0.05, 0.1) is 13.4 Å². The number of hydrogen-bond acceptors (Lipinski definition) is 1. The average Bonchev–Trinajstić information content (AvgIpc) is 1.97. The summed E-state index contributed by atoms with van der Waals surface area (Å²) >= 11 is 0. The SMILES string of the molecule is C=C/C=C/C=C/C=C/OC. The second-order valence-corrected chi connectivity index (χ2v) is 1.57. The fourth-order valence-electron chi connectivity index (χ4n) is 0.395. The predicted octanol–water partition coefficient (Wildman–Crippen LogP) is 2.44. The summed E-state index contributed by atoms with van der Waals surface area (Å²) in [5.74, 6) is 0. The molecule has 0 spiro atoms. The van der Waals surface area contributed by atoms with E-state index in [-0.39, 0.29) is 0 Å². The Morgan fingerprint density at radius 3 is 2.20 bits per heavy atom. The van der Waals surface area contributed by atoms with Gasteiger partial charge in [-0.05, 0) is 6.08 Å². The van der Waals surface area contributed by atoms with Crippen LogP contribution in [-0.4, -0.2) is 7.11 Å². The molecule has 0 radical (unpaired) electrons. The van der Waals surface area contributed by atoms with Gasteiger partial charge in [0.15, 0.2) is 0 Å². The Hall–Kier alpha value is -1.24. The normalized spacial score (nSPS) is 11.7. The number of ether oxygens (including phenoxy) is 1. The van der Waals surface area contributed by atoms with Crippen molar-refractivity contribution in [3.8, 4) is 0 Å². The highest BCUT2D eigenvalue weighted by Crippen LogP contribution is 1.80. The van der Waals surface area contributed by atoms with E-state index < -0.39 is 0 Å². The number of hydrogen-bond donors (Lipinski definition) is 0. The van der Waals surface area contributed by atoms with Gasteiger partial charge in [0.1, 0.15) is 0 Å². The second-order valence-electron chi connectivity index (χ2n) is 1.57. The minimum Gasteiger partial charge on any atom is -0.504 e. The summed E-state index contributed by atoms with van der Waals surface area (Å²) in [5, 5.41) is 0. The van der Waals surface area contributed by atoms with E-state index in [1.54, 1.807) is 19.4 Å². The predicted molar refractivity (Wildman–Crippen MR) is 44.6 cm³/mol. The Bertz CT molecular complexity index is 152. The molecule has 0 bridgehead atoms. The van der Waals surface area contributed by atoms with Crippen LogP contribution in [0.4, 0.5) is 0 Å². The van der Waals surface area contributed by atoms with Crippen LogP contribution in [-0.2, 0) is 4.74 Å². The summed E-state index contributed by atoms with van der Waals surface area (Å²) < 4.78 is 4.67. The molecule has 1 nitrogen and oxygen atoms in total. The summed E-state index contributed by atoms with van der Waals surface area (Å²) in [4.78, 5) is 0. The molecule has 0 aromatic carbocycles. The van der Waals surface area contributed by atoms with Crippen molar-refractivity contribution >= 4 is 0 Å². The van der Waals surface area contributed by atoms with E-state index >= 15 is 0 Å². The van der Waals surface area contributed by atoms with Gasteiger partial charge in [-0.2, -0.15) is 0 Å². The van der Waals surface area contributed by atoms with E-state index in [2.05, 4.69) is 11.3 Å². The molecule has 0 rings (SSSR count). The summed E-state index contributed by atoms with van der Waals surface area (Å²) in [6, 6.07) is 0. The van der Waals surface area contributed by atoms with Crippen molar-refractivity contribution in [2.24, 2.45) is 0 Å². The van der Waals surface area contributed by atoms with Crippen LogP contribution in [0.1, 0.15) is 0 Å². The minimum atomic E-state index is 1.61. The molecule has 0 saturated carbocycles. The summed E-state index contributed by atoms with van der Waals surface area (Å²) in [5.41, 5.74) is 0. The molecule has 0 fully saturated rings. The van der Waals surface area contributed by atoms with Crippen LogP contribution in [0.3, 0.4) is 0 Å². The van der Waals surface area contributed by atoms with Gasteiger partial charge in [-0.1, -0.05) is 37.0 Å². The number of rotatable bonds is 4. The topological polar surface area (TPSA) is 9.23 Å². The van der Waals surface area contributed by atoms with Gasteiger partial charge in [0.2, 0.25) is 0 Å². The van der Waals surface area contributed by atoms with E-state index in [0.717, 1.165) is 0 Å². The molecular formula is C9H12O. The van der Waals surface area contributed by atoms with E-state index in [4.69, 9.17) is 0 Å². The maximum absolute atomic E-state index is 4.67.